The minimum atomic E-state index is -2.77. The van der Waals surface area contributed by atoms with Gasteiger partial charge in [0.25, 0.3) is 0 Å². The fourth-order valence-corrected chi connectivity index (χ4v) is 3.04. The summed E-state index contributed by atoms with van der Waals surface area (Å²) < 4.78 is 29.5. The van der Waals surface area contributed by atoms with Gasteiger partial charge in [0.2, 0.25) is 0 Å². The molecule has 2 aliphatic rings. The number of piperidine rings is 1. The number of ether oxygens (including phenoxy) is 1. The third-order valence-electron chi connectivity index (χ3n) is 4.56. The van der Waals surface area contributed by atoms with Crippen LogP contribution in [0.2, 0.25) is 0 Å². The molecule has 0 atom stereocenters. The molecule has 0 radical (unpaired) electrons. The van der Waals surface area contributed by atoms with Gasteiger partial charge in [-0.15, -0.1) is 12.4 Å². The lowest BCUT2D eigenvalue weighted by Gasteiger charge is -2.32. The van der Waals surface area contributed by atoms with Gasteiger partial charge in [-0.05, 0) is 57.3 Å². The summed E-state index contributed by atoms with van der Waals surface area (Å²) in [7, 11) is 0. The van der Waals surface area contributed by atoms with Crippen LogP contribution < -0.4 is 10.1 Å². The second-order valence-corrected chi connectivity index (χ2v) is 6.39. The normalized spacial score (nSPS) is 19.6. The molecule has 1 saturated heterocycles. The lowest BCUT2D eigenvalue weighted by molar-refractivity contribution is -0.0508. The van der Waals surface area contributed by atoms with Crippen LogP contribution in [0.1, 0.15) is 31.2 Å². The van der Waals surface area contributed by atoms with Crippen molar-refractivity contribution in [1.82, 2.24) is 10.2 Å². The number of nitrogens with zero attached hydrogens (tertiary/aromatic N) is 1. The van der Waals surface area contributed by atoms with Gasteiger partial charge in [0.1, 0.15) is 5.75 Å². The second-order valence-electron chi connectivity index (χ2n) is 6.39. The summed E-state index contributed by atoms with van der Waals surface area (Å²) in [5.74, 6) is 1.21. The summed E-state index contributed by atoms with van der Waals surface area (Å²) in [6.45, 7) is 1.09. The standard InChI is InChI=1S/C17H24F2N2O.ClH/c18-17(19)22-16-4-2-1-3-14(16)12-21-9-7-15(8-10-21)20-11-13-5-6-13;/h1-4,13,15,17,20H,5-12H2;1H. The van der Waals surface area contributed by atoms with Gasteiger partial charge >= 0.3 is 6.61 Å². The number of hydrogen-bond donors (Lipinski definition) is 1. The molecular weight excluding hydrogens is 322 g/mol. The Morgan fingerprint density at radius 2 is 1.83 bits per heavy atom. The topological polar surface area (TPSA) is 24.5 Å². The summed E-state index contributed by atoms with van der Waals surface area (Å²) in [4.78, 5) is 2.32. The summed E-state index contributed by atoms with van der Waals surface area (Å²) in [6, 6.07) is 7.71. The molecule has 3 nitrogen and oxygen atoms in total. The van der Waals surface area contributed by atoms with Crippen LogP contribution in [0.25, 0.3) is 0 Å². The van der Waals surface area contributed by atoms with Crippen LogP contribution in [-0.4, -0.2) is 37.2 Å². The highest BCUT2D eigenvalue weighted by Crippen LogP contribution is 2.28. The van der Waals surface area contributed by atoms with Gasteiger partial charge in [-0.3, -0.25) is 4.90 Å². The molecular formula is C17H25ClF2N2O. The Kier molecular flexibility index (Phi) is 7.06. The van der Waals surface area contributed by atoms with E-state index in [1.165, 1.54) is 12.8 Å². The molecule has 0 aromatic heterocycles. The minimum Gasteiger partial charge on any atom is -0.434 e. The van der Waals surface area contributed by atoms with Crippen LogP contribution in [0.4, 0.5) is 8.78 Å². The molecule has 0 bridgehead atoms. The molecule has 1 N–H and O–H groups in total. The van der Waals surface area contributed by atoms with Crippen molar-refractivity contribution < 1.29 is 13.5 Å². The highest BCUT2D eigenvalue weighted by Gasteiger charge is 2.24. The van der Waals surface area contributed by atoms with Crippen LogP contribution in [0, 0.1) is 5.92 Å². The summed E-state index contributed by atoms with van der Waals surface area (Å²) in [6.07, 6.45) is 5.02. The van der Waals surface area contributed by atoms with Crippen molar-refractivity contribution in [3.63, 3.8) is 0 Å². The third kappa shape index (κ3) is 5.90. The van der Waals surface area contributed by atoms with Crippen LogP contribution in [0.3, 0.4) is 0 Å². The van der Waals surface area contributed by atoms with Crippen LogP contribution >= 0.6 is 12.4 Å². The highest BCUT2D eigenvalue weighted by molar-refractivity contribution is 5.85. The predicted molar refractivity (Wildman–Crippen MR) is 89.3 cm³/mol. The maximum atomic E-state index is 12.4. The van der Waals surface area contributed by atoms with Crippen molar-refractivity contribution in [1.29, 1.82) is 0 Å². The zero-order valence-electron chi connectivity index (χ0n) is 13.2. The van der Waals surface area contributed by atoms with Crippen LogP contribution in [0.5, 0.6) is 5.75 Å². The monoisotopic (exact) mass is 346 g/mol. The first-order valence-electron chi connectivity index (χ1n) is 8.19. The number of rotatable bonds is 7. The molecule has 0 amide bonds. The van der Waals surface area contributed by atoms with Crippen molar-refractivity contribution in [3.05, 3.63) is 29.8 Å². The Bertz CT molecular complexity index is 477. The van der Waals surface area contributed by atoms with Gasteiger partial charge in [0.15, 0.2) is 0 Å². The number of halogens is 3. The largest absolute Gasteiger partial charge is 0.434 e. The number of para-hydroxylation sites is 1. The number of nitrogens with one attached hydrogen (secondary N) is 1. The van der Waals surface area contributed by atoms with E-state index in [1.807, 2.05) is 12.1 Å². The third-order valence-corrected chi connectivity index (χ3v) is 4.56. The summed E-state index contributed by atoms with van der Waals surface area (Å²) in [5.41, 5.74) is 0.840. The molecule has 1 aromatic carbocycles. The van der Waals surface area contributed by atoms with E-state index in [2.05, 4.69) is 15.0 Å². The molecule has 1 aromatic rings. The quantitative estimate of drug-likeness (QED) is 0.815. The fourth-order valence-electron chi connectivity index (χ4n) is 3.04. The van der Waals surface area contributed by atoms with E-state index >= 15 is 0 Å². The van der Waals surface area contributed by atoms with E-state index in [0.717, 1.165) is 44.0 Å². The molecule has 1 heterocycles. The van der Waals surface area contributed by atoms with Crippen molar-refractivity contribution in [2.45, 2.75) is 44.9 Å². The number of hydrogen-bond acceptors (Lipinski definition) is 3. The number of alkyl halides is 2. The molecule has 1 aliphatic carbocycles. The Morgan fingerprint density at radius 1 is 1.13 bits per heavy atom. The average molecular weight is 347 g/mol. The maximum Gasteiger partial charge on any atom is 0.387 e. The molecule has 1 saturated carbocycles. The van der Waals surface area contributed by atoms with Gasteiger partial charge in [-0.25, -0.2) is 0 Å². The highest BCUT2D eigenvalue weighted by atomic mass is 35.5. The Labute approximate surface area is 142 Å². The second kappa shape index (κ2) is 8.81. The molecule has 6 heteroatoms. The first-order valence-corrected chi connectivity index (χ1v) is 8.19. The first kappa shape index (κ1) is 18.4. The van der Waals surface area contributed by atoms with Crippen molar-refractivity contribution >= 4 is 12.4 Å². The molecule has 23 heavy (non-hydrogen) atoms. The van der Waals surface area contributed by atoms with E-state index in [0.29, 0.717) is 18.3 Å². The molecule has 0 spiro atoms. The van der Waals surface area contributed by atoms with Gasteiger partial charge in [0.05, 0.1) is 0 Å². The average Bonchev–Trinajstić information content (AvgIpc) is 3.32. The van der Waals surface area contributed by atoms with E-state index in [-0.39, 0.29) is 12.4 Å². The smallest absolute Gasteiger partial charge is 0.387 e. The van der Waals surface area contributed by atoms with E-state index in [9.17, 15) is 8.78 Å². The first-order chi connectivity index (χ1) is 10.7. The van der Waals surface area contributed by atoms with E-state index in [4.69, 9.17) is 0 Å². The van der Waals surface area contributed by atoms with Crippen LogP contribution in [-0.2, 0) is 6.54 Å². The van der Waals surface area contributed by atoms with Gasteiger partial charge in [0, 0.05) is 18.2 Å². The van der Waals surface area contributed by atoms with E-state index < -0.39 is 6.61 Å². The molecule has 130 valence electrons. The van der Waals surface area contributed by atoms with Crippen molar-refractivity contribution in [2.75, 3.05) is 19.6 Å². The van der Waals surface area contributed by atoms with Crippen molar-refractivity contribution in [3.8, 4) is 5.75 Å². The number of benzene rings is 1. The Morgan fingerprint density at radius 3 is 2.48 bits per heavy atom. The Hall–Kier alpha value is -0.910. The predicted octanol–water partition coefficient (Wildman–Crippen LogP) is 3.67. The lowest BCUT2D eigenvalue weighted by atomic mass is 10.0. The SMILES string of the molecule is Cl.FC(F)Oc1ccccc1CN1CCC(NCC2CC2)CC1. The Balaban J connectivity index is 0.00000192. The van der Waals surface area contributed by atoms with Gasteiger partial charge < -0.3 is 10.1 Å². The fraction of sp³-hybridized carbons (Fsp3) is 0.647. The zero-order chi connectivity index (χ0) is 15.4. The minimum absolute atomic E-state index is 0. The molecule has 3 rings (SSSR count). The number of likely N-dealkylation sites (tertiary alicyclic amines) is 1. The van der Waals surface area contributed by atoms with Crippen molar-refractivity contribution in [2.24, 2.45) is 5.92 Å². The van der Waals surface area contributed by atoms with Gasteiger partial charge in [-0.2, -0.15) is 8.78 Å². The summed E-state index contributed by atoms with van der Waals surface area (Å²) >= 11 is 0. The lowest BCUT2D eigenvalue weighted by Crippen LogP contribution is -2.42. The molecule has 2 fully saturated rings. The molecule has 1 aliphatic heterocycles. The molecule has 0 unspecified atom stereocenters. The zero-order valence-corrected chi connectivity index (χ0v) is 14.0. The maximum absolute atomic E-state index is 12.4. The summed E-state index contributed by atoms with van der Waals surface area (Å²) in [5, 5.41) is 3.65. The van der Waals surface area contributed by atoms with Crippen LogP contribution in [0.15, 0.2) is 24.3 Å². The van der Waals surface area contributed by atoms with E-state index in [1.54, 1.807) is 12.1 Å². The van der Waals surface area contributed by atoms with Gasteiger partial charge in [-0.1, -0.05) is 18.2 Å².